The van der Waals surface area contributed by atoms with Crippen molar-refractivity contribution in [3.05, 3.63) is 74.3 Å². The summed E-state index contributed by atoms with van der Waals surface area (Å²) in [5, 5.41) is 21.5. The van der Waals surface area contributed by atoms with Crippen LogP contribution in [0.5, 0.6) is 0 Å². The van der Waals surface area contributed by atoms with Crippen LogP contribution in [0.4, 0.5) is 11.4 Å². The fraction of sp³-hybridized carbons (Fsp3) is 0.409. The second-order valence-corrected chi connectivity index (χ2v) is 10.2. The van der Waals surface area contributed by atoms with Gasteiger partial charge in [-0.2, -0.15) is 0 Å². The standard InChI is InChI=1S/C22H24N2O8S/c1-3-4-10-19-20(21(19)33(30,31)18-8-6-5-7-9-18)14(2)32-22(25)15-11-16(23(26)27)13-17(12-15)24(28)29/h5-9,11-14,19-21H,3-4,10H2,1-2H3/t14-,19+,20-,21-/m1/s1. The number of benzene rings is 2. The molecule has 2 aromatic carbocycles. The maximum atomic E-state index is 13.2. The van der Waals surface area contributed by atoms with Gasteiger partial charge in [0, 0.05) is 18.1 Å². The highest BCUT2D eigenvalue weighted by molar-refractivity contribution is 7.92. The molecule has 0 amide bonds. The molecule has 1 aliphatic carbocycles. The zero-order valence-corrected chi connectivity index (χ0v) is 18.9. The fourth-order valence-corrected chi connectivity index (χ4v) is 6.60. The van der Waals surface area contributed by atoms with Crippen molar-refractivity contribution in [2.45, 2.75) is 49.4 Å². The molecule has 1 aliphatic rings. The fourth-order valence-electron chi connectivity index (χ4n) is 4.22. The summed E-state index contributed by atoms with van der Waals surface area (Å²) >= 11 is 0. The summed E-state index contributed by atoms with van der Waals surface area (Å²) in [6.07, 6.45) is 1.55. The Morgan fingerprint density at radius 3 is 2.15 bits per heavy atom. The molecule has 10 nitrogen and oxygen atoms in total. The third-order valence-electron chi connectivity index (χ3n) is 5.87. The average Bonchev–Trinajstić information content (AvgIpc) is 3.53. The molecule has 0 bridgehead atoms. The van der Waals surface area contributed by atoms with Gasteiger partial charge in [-0.1, -0.05) is 38.0 Å². The quantitative estimate of drug-likeness (QED) is 0.280. The molecule has 0 aromatic heterocycles. The predicted molar refractivity (Wildman–Crippen MR) is 119 cm³/mol. The van der Waals surface area contributed by atoms with Gasteiger partial charge >= 0.3 is 5.97 Å². The number of nitro benzene ring substituents is 2. The van der Waals surface area contributed by atoms with Crippen LogP contribution in [0.25, 0.3) is 0 Å². The van der Waals surface area contributed by atoms with Crippen LogP contribution < -0.4 is 0 Å². The molecule has 0 aliphatic heterocycles. The number of unbranched alkanes of at least 4 members (excludes halogenated alkanes) is 1. The van der Waals surface area contributed by atoms with Gasteiger partial charge in [0.25, 0.3) is 11.4 Å². The first-order valence-corrected chi connectivity index (χ1v) is 12.1. The third kappa shape index (κ3) is 5.19. The van der Waals surface area contributed by atoms with Crippen LogP contribution in [0.3, 0.4) is 0 Å². The van der Waals surface area contributed by atoms with Gasteiger partial charge in [0.15, 0.2) is 9.84 Å². The number of rotatable bonds is 10. The van der Waals surface area contributed by atoms with E-state index in [1.54, 1.807) is 25.1 Å². The Hall–Kier alpha value is -3.34. The van der Waals surface area contributed by atoms with Gasteiger partial charge in [-0.15, -0.1) is 0 Å². The summed E-state index contributed by atoms with van der Waals surface area (Å²) in [7, 11) is -3.65. The first-order valence-electron chi connectivity index (χ1n) is 10.5. The van der Waals surface area contributed by atoms with Crippen LogP contribution in [0.1, 0.15) is 43.5 Å². The molecule has 1 fully saturated rings. The first-order chi connectivity index (χ1) is 15.6. The van der Waals surface area contributed by atoms with Crippen LogP contribution in [0.15, 0.2) is 53.4 Å². The molecule has 0 saturated heterocycles. The molecule has 0 spiro atoms. The Morgan fingerprint density at radius 1 is 1.06 bits per heavy atom. The van der Waals surface area contributed by atoms with Crippen molar-refractivity contribution in [3.8, 4) is 0 Å². The Kier molecular flexibility index (Phi) is 7.11. The molecule has 0 unspecified atom stereocenters. The Labute approximate surface area is 190 Å². The monoisotopic (exact) mass is 476 g/mol. The van der Waals surface area contributed by atoms with Gasteiger partial charge in [-0.25, -0.2) is 13.2 Å². The lowest BCUT2D eigenvalue weighted by Crippen LogP contribution is -2.21. The molecule has 0 heterocycles. The Morgan fingerprint density at radius 2 is 1.64 bits per heavy atom. The van der Waals surface area contributed by atoms with Gasteiger partial charge in [-0.3, -0.25) is 20.2 Å². The minimum Gasteiger partial charge on any atom is -0.459 e. The van der Waals surface area contributed by atoms with Gasteiger partial charge in [0.05, 0.1) is 31.6 Å². The summed E-state index contributed by atoms with van der Waals surface area (Å²) in [6.45, 7) is 3.57. The number of nitro groups is 2. The zero-order valence-electron chi connectivity index (χ0n) is 18.1. The molecule has 4 atom stereocenters. The van der Waals surface area contributed by atoms with Crippen molar-refractivity contribution < 1.29 is 27.8 Å². The largest absolute Gasteiger partial charge is 0.459 e. The molecule has 176 valence electrons. The van der Waals surface area contributed by atoms with Crippen molar-refractivity contribution in [1.29, 1.82) is 0 Å². The molecule has 3 rings (SSSR count). The summed E-state index contributed by atoms with van der Waals surface area (Å²) in [6, 6.07) is 10.6. The van der Waals surface area contributed by atoms with Crippen molar-refractivity contribution >= 4 is 27.2 Å². The van der Waals surface area contributed by atoms with Crippen molar-refractivity contribution in [1.82, 2.24) is 0 Å². The molecule has 1 saturated carbocycles. The van der Waals surface area contributed by atoms with Crippen LogP contribution >= 0.6 is 0 Å². The third-order valence-corrected chi connectivity index (χ3v) is 8.18. The molecular weight excluding hydrogens is 452 g/mol. The maximum absolute atomic E-state index is 13.2. The number of ether oxygens (including phenoxy) is 1. The highest BCUT2D eigenvalue weighted by Crippen LogP contribution is 2.52. The summed E-state index contributed by atoms with van der Waals surface area (Å²) < 4.78 is 31.8. The number of non-ortho nitro benzene ring substituents is 2. The highest BCUT2D eigenvalue weighted by Gasteiger charge is 2.60. The topological polar surface area (TPSA) is 147 Å². The number of nitrogens with zero attached hydrogens (tertiary/aromatic N) is 2. The van der Waals surface area contributed by atoms with Gasteiger partial charge in [-0.05, 0) is 31.4 Å². The van der Waals surface area contributed by atoms with Crippen molar-refractivity contribution in [2.75, 3.05) is 0 Å². The Balaban J connectivity index is 1.83. The van der Waals surface area contributed by atoms with Crippen LogP contribution in [-0.4, -0.2) is 35.6 Å². The second-order valence-electron chi connectivity index (χ2n) is 8.07. The molecule has 11 heteroatoms. The minimum atomic E-state index is -3.65. The Bertz CT molecular complexity index is 1130. The number of esters is 1. The first kappa shape index (κ1) is 24.3. The van der Waals surface area contributed by atoms with E-state index in [-0.39, 0.29) is 16.4 Å². The van der Waals surface area contributed by atoms with E-state index in [1.165, 1.54) is 12.1 Å². The second kappa shape index (κ2) is 9.65. The van der Waals surface area contributed by atoms with E-state index in [2.05, 4.69) is 0 Å². The number of hydrogen-bond donors (Lipinski definition) is 0. The summed E-state index contributed by atoms with van der Waals surface area (Å²) in [4.78, 5) is 33.4. The molecule has 33 heavy (non-hydrogen) atoms. The minimum absolute atomic E-state index is 0.197. The molecular formula is C22H24N2O8S. The number of hydrogen-bond acceptors (Lipinski definition) is 8. The molecule has 0 radical (unpaired) electrons. The van der Waals surface area contributed by atoms with Crippen LogP contribution in [0, 0.1) is 32.1 Å². The summed E-state index contributed by atoms with van der Waals surface area (Å²) in [5.41, 5.74) is -1.56. The number of carbonyl (C=O) groups excluding carboxylic acids is 1. The van der Waals surface area contributed by atoms with Crippen molar-refractivity contribution in [3.63, 3.8) is 0 Å². The number of sulfone groups is 1. The lowest BCUT2D eigenvalue weighted by atomic mass is 10.1. The van der Waals surface area contributed by atoms with E-state index in [4.69, 9.17) is 4.74 Å². The SMILES string of the molecule is CCCC[C@H]1[C@@H]([C@@H](C)OC(=O)c2cc([N+](=O)[O-])cc([N+](=O)[O-])c2)[C@@H]1S(=O)(=O)c1ccccc1. The lowest BCUT2D eigenvalue weighted by molar-refractivity contribution is -0.394. The lowest BCUT2D eigenvalue weighted by Gasteiger charge is -2.14. The van der Waals surface area contributed by atoms with E-state index < -0.39 is 54.3 Å². The molecule has 2 aromatic rings. The van der Waals surface area contributed by atoms with E-state index in [9.17, 15) is 33.4 Å². The van der Waals surface area contributed by atoms with Gasteiger partial charge < -0.3 is 4.74 Å². The smallest absolute Gasteiger partial charge is 0.338 e. The van der Waals surface area contributed by atoms with E-state index in [0.29, 0.717) is 6.42 Å². The van der Waals surface area contributed by atoms with E-state index in [0.717, 1.165) is 31.0 Å². The van der Waals surface area contributed by atoms with Crippen LogP contribution in [-0.2, 0) is 14.6 Å². The summed E-state index contributed by atoms with van der Waals surface area (Å²) in [5.74, 6) is -1.62. The maximum Gasteiger partial charge on any atom is 0.338 e. The van der Waals surface area contributed by atoms with Gasteiger partial charge in [0.2, 0.25) is 0 Å². The van der Waals surface area contributed by atoms with Crippen LogP contribution in [0.2, 0.25) is 0 Å². The average molecular weight is 477 g/mol. The van der Waals surface area contributed by atoms with Crippen molar-refractivity contribution in [2.24, 2.45) is 11.8 Å². The van der Waals surface area contributed by atoms with Gasteiger partial charge in [0.1, 0.15) is 6.10 Å². The predicted octanol–water partition coefficient (Wildman–Crippen LogP) is 4.33. The number of carbonyl (C=O) groups is 1. The zero-order chi connectivity index (χ0) is 24.3. The normalized spacial score (nSPS) is 20.6. The molecule has 0 N–H and O–H groups in total. The van der Waals surface area contributed by atoms with E-state index in [1.807, 2.05) is 6.92 Å². The highest BCUT2D eigenvalue weighted by atomic mass is 32.2. The van der Waals surface area contributed by atoms with E-state index >= 15 is 0 Å².